The molecule has 204 valence electrons. The molecule has 1 amide bonds. The van der Waals surface area contributed by atoms with Crippen LogP contribution >= 0.6 is 0 Å². The lowest BCUT2D eigenvalue weighted by Crippen LogP contribution is -2.29. The molecule has 7 nitrogen and oxygen atoms in total. The summed E-state index contributed by atoms with van der Waals surface area (Å²) in [7, 11) is 5.49. The molecule has 0 radical (unpaired) electrons. The predicted octanol–water partition coefficient (Wildman–Crippen LogP) is 5.73. The molecule has 1 aliphatic rings. The summed E-state index contributed by atoms with van der Waals surface area (Å²) in [5.41, 5.74) is 3.93. The number of rotatable bonds is 9. The van der Waals surface area contributed by atoms with Gasteiger partial charge in [-0.1, -0.05) is 38.1 Å². The number of aryl methyl sites for hydroxylation is 1. The molecule has 1 atom stereocenters. The Balaban J connectivity index is 1.78. The number of Topliss-reactive ketones (excluding diaryl/α,β-unsaturated/α-hetero) is 1. The number of amides is 1. The number of carbonyl (C=O) groups is 2. The molecule has 4 rings (SSSR count). The minimum atomic E-state index is -0.750. The van der Waals surface area contributed by atoms with Gasteiger partial charge in [0.2, 0.25) is 0 Å². The third kappa shape index (κ3) is 5.93. The zero-order valence-electron chi connectivity index (χ0n) is 23.4. The van der Waals surface area contributed by atoms with Crippen molar-refractivity contribution in [3.63, 3.8) is 0 Å². The van der Waals surface area contributed by atoms with Gasteiger partial charge in [0.05, 0.1) is 25.3 Å². The molecule has 0 bridgehead atoms. The number of methoxy groups -OCH3 is 1. The van der Waals surface area contributed by atoms with Crippen molar-refractivity contribution in [3.05, 3.63) is 94.6 Å². The molecule has 0 aliphatic carbocycles. The van der Waals surface area contributed by atoms with E-state index >= 15 is 0 Å². The quantitative estimate of drug-likeness (QED) is 0.217. The Kier molecular flexibility index (Phi) is 8.29. The van der Waals surface area contributed by atoms with Gasteiger partial charge in [0.15, 0.2) is 0 Å². The largest absolute Gasteiger partial charge is 0.507 e. The number of carbonyl (C=O) groups excluding carboxylic acids is 2. The first-order chi connectivity index (χ1) is 18.6. The second-order valence-electron chi connectivity index (χ2n) is 10.4. The minimum Gasteiger partial charge on any atom is -0.507 e. The average Bonchev–Trinajstić information content (AvgIpc) is 3.17. The molecule has 39 heavy (non-hydrogen) atoms. The van der Waals surface area contributed by atoms with E-state index in [1.165, 1.54) is 4.90 Å². The molecule has 1 N–H and O–H groups in total. The van der Waals surface area contributed by atoms with Crippen LogP contribution < -0.4 is 14.4 Å². The fourth-order valence-electron chi connectivity index (χ4n) is 4.64. The van der Waals surface area contributed by atoms with Gasteiger partial charge >= 0.3 is 0 Å². The Labute approximate surface area is 230 Å². The lowest BCUT2D eigenvalue weighted by molar-refractivity contribution is -0.140. The zero-order valence-corrected chi connectivity index (χ0v) is 23.4. The Morgan fingerprint density at radius 2 is 1.67 bits per heavy atom. The minimum absolute atomic E-state index is 0.0707. The maximum atomic E-state index is 13.4. The van der Waals surface area contributed by atoms with Gasteiger partial charge in [-0.2, -0.15) is 0 Å². The van der Waals surface area contributed by atoms with Crippen LogP contribution in [0.25, 0.3) is 5.76 Å². The van der Waals surface area contributed by atoms with Crippen molar-refractivity contribution in [2.75, 3.05) is 32.7 Å². The van der Waals surface area contributed by atoms with E-state index in [1.54, 1.807) is 25.3 Å². The van der Waals surface area contributed by atoms with E-state index in [0.717, 1.165) is 28.1 Å². The Morgan fingerprint density at radius 1 is 1.00 bits per heavy atom. The lowest BCUT2D eigenvalue weighted by atomic mass is 9.94. The summed E-state index contributed by atoms with van der Waals surface area (Å²) in [6.45, 7) is 6.82. The molecule has 1 saturated heterocycles. The molecular formula is C32H36N2O5. The Hall–Kier alpha value is -4.26. The monoisotopic (exact) mass is 528 g/mol. The van der Waals surface area contributed by atoms with Crippen molar-refractivity contribution in [2.45, 2.75) is 33.4 Å². The summed E-state index contributed by atoms with van der Waals surface area (Å²) < 4.78 is 11.1. The molecule has 0 spiro atoms. The predicted molar refractivity (Wildman–Crippen MR) is 153 cm³/mol. The van der Waals surface area contributed by atoms with Crippen LogP contribution in [0, 0.1) is 12.8 Å². The van der Waals surface area contributed by atoms with Gasteiger partial charge in [-0.05, 0) is 72.0 Å². The van der Waals surface area contributed by atoms with Crippen LogP contribution in [0.15, 0.2) is 72.3 Å². The second kappa shape index (κ2) is 11.6. The molecule has 0 aromatic heterocycles. The highest BCUT2D eigenvalue weighted by atomic mass is 16.5. The molecule has 0 saturated carbocycles. The average molecular weight is 529 g/mol. The van der Waals surface area contributed by atoms with Crippen LogP contribution in [-0.4, -0.2) is 49.5 Å². The summed E-state index contributed by atoms with van der Waals surface area (Å²) in [6.07, 6.45) is 0. The number of likely N-dealkylation sites (tertiary alicyclic amines) is 1. The fourth-order valence-corrected chi connectivity index (χ4v) is 4.64. The van der Waals surface area contributed by atoms with Crippen LogP contribution in [0.4, 0.5) is 5.69 Å². The molecule has 3 aromatic rings. The van der Waals surface area contributed by atoms with E-state index in [1.807, 2.05) is 74.4 Å². The van der Waals surface area contributed by atoms with E-state index in [2.05, 4.69) is 13.8 Å². The number of aliphatic hydroxyl groups excluding tert-OH is 1. The number of anilines is 1. The van der Waals surface area contributed by atoms with Crippen molar-refractivity contribution in [1.29, 1.82) is 0 Å². The van der Waals surface area contributed by atoms with Crippen molar-refractivity contribution in [2.24, 2.45) is 5.92 Å². The summed E-state index contributed by atoms with van der Waals surface area (Å²) in [4.78, 5) is 30.3. The van der Waals surface area contributed by atoms with Crippen molar-refractivity contribution < 1.29 is 24.2 Å². The highest BCUT2D eigenvalue weighted by Gasteiger charge is 2.46. The molecule has 1 fully saturated rings. The molecule has 1 unspecified atom stereocenters. The molecular weight excluding hydrogens is 492 g/mol. The van der Waals surface area contributed by atoms with Gasteiger partial charge in [0, 0.05) is 31.9 Å². The lowest BCUT2D eigenvalue weighted by Gasteiger charge is -2.26. The first kappa shape index (κ1) is 27.8. The van der Waals surface area contributed by atoms with E-state index in [-0.39, 0.29) is 17.9 Å². The second-order valence-corrected chi connectivity index (χ2v) is 10.4. The van der Waals surface area contributed by atoms with Crippen LogP contribution in [0.1, 0.15) is 42.1 Å². The first-order valence-corrected chi connectivity index (χ1v) is 13.0. The van der Waals surface area contributed by atoms with Gasteiger partial charge in [0.1, 0.15) is 17.3 Å². The molecule has 7 heteroatoms. The maximum absolute atomic E-state index is 13.4. The number of hydrogen-bond acceptors (Lipinski definition) is 6. The number of ether oxygens (including phenoxy) is 2. The van der Waals surface area contributed by atoms with Gasteiger partial charge in [-0.15, -0.1) is 0 Å². The number of ketones is 1. The van der Waals surface area contributed by atoms with Gasteiger partial charge in [0.25, 0.3) is 11.7 Å². The Morgan fingerprint density at radius 3 is 2.23 bits per heavy atom. The van der Waals surface area contributed by atoms with E-state index < -0.39 is 17.7 Å². The molecule has 1 heterocycles. The number of hydrogen-bond donors (Lipinski definition) is 1. The standard InChI is InChI=1S/C32H36N2O5/c1-20(2)19-39-27-16-11-24(17-21(27)3)30(35)28-29(23-9-12-25(13-10-23)33(4)5)34(32(37)31(28)36)18-22-7-14-26(38-6)15-8-22/h7-17,20,29,35H,18-19H2,1-6H3/b30-28-. The highest BCUT2D eigenvalue weighted by Crippen LogP contribution is 2.41. The van der Waals surface area contributed by atoms with Gasteiger partial charge in [-0.25, -0.2) is 0 Å². The van der Waals surface area contributed by atoms with Gasteiger partial charge in [-0.3, -0.25) is 9.59 Å². The van der Waals surface area contributed by atoms with Crippen LogP contribution in [-0.2, 0) is 16.1 Å². The topological polar surface area (TPSA) is 79.3 Å². The summed E-state index contributed by atoms with van der Waals surface area (Å²) in [5, 5.41) is 11.5. The maximum Gasteiger partial charge on any atom is 0.295 e. The smallest absolute Gasteiger partial charge is 0.295 e. The van der Waals surface area contributed by atoms with Crippen LogP contribution in [0.3, 0.4) is 0 Å². The Bertz CT molecular complexity index is 1370. The third-order valence-electron chi connectivity index (χ3n) is 6.80. The van der Waals surface area contributed by atoms with Crippen LogP contribution in [0.2, 0.25) is 0 Å². The fraction of sp³-hybridized carbons (Fsp3) is 0.312. The van der Waals surface area contributed by atoms with Crippen molar-refractivity contribution in [3.8, 4) is 11.5 Å². The van der Waals surface area contributed by atoms with Gasteiger partial charge < -0.3 is 24.4 Å². The normalized spacial score (nSPS) is 16.6. The third-order valence-corrected chi connectivity index (χ3v) is 6.80. The van der Waals surface area contributed by atoms with E-state index in [0.29, 0.717) is 23.8 Å². The van der Waals surface area contributed by atoms with Crippen molar-refractivity contribution in [1.82, 2.24) is 4.90 Å². The zero-order chi connectivity index (χ0) is 28.3. The molecule has 3 aromatic carbocycles. The summed E-state index contributed by atoms with van der Waals surface area (Å²) in [6, 6.07) is 19.6. The van der Waals surface area contributed by atoms with Crippen molar-refractivity contribution >= 4 is 23.1 Å². The number of benzene rings is 3. The van der Waals surface area contributed by atoms with E-state index in [9.17, 15) is 14.7 Å². The van der Waals surface area contributed by atoms with Crippen LogP contribution in [0.5, 0.6) is 11.5 Å². The van der Waals surface area contributed by atoms with E-state index in [4.69, 9.17) is 9.47 Å². The first-order valence-electron chi connectivity index (χ1n) is 13.0. The number of nitrogens with zero attached hydrogens (tertiary/aromatic N) is 2. The highest BCUT2D eigenvalue weighted by molar-refractivity contribution is 6.46. The number of aliphatic hydroxyl groups is 1. The summed E-state index contributed by atoms with van der Waals surface area (Å²) in [5.74, 6) is 0.232. The summed E-state index contributed by atoms with van der Waals surface area (Å²) >= 11 is 0. The molecule has 1 aliphatic heterocycles. The SMILES string of the molecule is COc1ccc(CN2C(=O)C(=O)/C(=C(\O)c3ccc(OCC(C)C)c(C)c3)C2c2ccc(N(C)C)cc2)cc1.